The zero-order chi connectivity index (χ0) is 14.0. The molecule has 3 nitrogen and oxygen atoms in total. The molecular formula is C13H11BrFNO2S. The molecule has 0 atom stereocenters. The van der Waals surface area contributed by atoms with Crippen molar-refractivity contribution in [2.24, 2.45) is 0 Å². The number of hydrogen-bond donors (Lipinski definition) is 1. The van der Waals surface area contributed by atoms with E-state index in [1.807, 2.05) is 0 Å². The molecule has 0 aliphatic rings. The molecule has 2 aromatic rings. The van der Waals surface area contributed by atoms with Crippen molar-refractivity contribution in [1.29, 1.82) is 0 Å². The van der Waals surface area contributed by atoms with E-state index in [2.05, 4.69) is 15.9 Å². The summed E-state index contributed by atoms with van der Waals surface area (Å²) < 4.78 is 38.5. The van der Waals surface area contributed by atoms with Crippen molar-refractivity contribution in [2.75, 3.05) is 5.73 Å². The number of anilines is 1. The zero-order valence-electron chi connectivity index (χ0n) is 9.81. The van der Waals surface area contributed by atoms with Gasteiger partial charge in [0, 0.05) is 15.7 Å². The Kier molecular flexibility index (Phi) is 3.91. The number of nitrogens with two attached hydrogens (primary N) is 1. The van der Waals surface area contributed by atoms with Crippen LogP contribution in [0.2, 0.25) is 0 Å². The van der Waals surface area contributed by atoms with Crippen LogP contribution >= 0.6 is 15.9 Å². The molecule has 2 N–H and O–H groups in total. The Bertz CT molecular complexity index is 699. The first-order valence-corrected chi connectivity index (χ1v) is 7.85. The molecule has 2 aromatic carbocycles. The summed E-state index contributed by atoms with van der Waals surface area (Å²) in [5.74, 6) is -0.927. The fourth-order valence-electron chi connectivity index (χ4n) is 1.60. The van der Waals surface area contributed by atoms with Crippen LogP contribution in [0.25, 0.3) is 0 Å². The normalized spacial score (nSPS) is 11.5. The van der Waals surface area contributed by atoms with Crippen LogP contribution < -0.4 is 5.73 Å². The van der Waals surface area contributed by atoms with E-state index in [4.69, 9.17) is 5.73 Å². The van der Waals surface area contributed by atoms with E-state index in [1.54, 1.807) is 6.07 Å². The first kappa shape index (κ1) is 14.0. The molecule has 0 fully saturated rings. The van der Waals surface area contributed by atoms with Gasteiger partial charge in [-0.15, -0.1) is 0 Å². The van der Waals surface area contributed by atoms with Gasteiger partial charge in [0.05, 0.1) is 10.6 Å². The van der Waals surface area contributed by atoms with Crippen molar-refractivity contribution >= 4 is 31.5 Å². The van der Waals surface area contributed by atoms with Crippen LogP contribution in [0, 0.1) is 5.82 Å². The second kappa shape index (κ2) is 5.30. The summed E-state index contributed by atoms with van der Waals surface area (Å²) in [4.78, 5) is 0.129. The molecule has 100 valence electrons. The second-order valence-electron chi connectivity index (χ2n) is 4.06. The highest BCUT2D eigenvalue weighted by Gasteiger charge is 2.17. The van der Waals surface area contributed by atoms with Gasteiger partial charge in [-0.2, -0.15) is 0 Å². The van der Waals surface area contributed by atoms with Crippen molar-refractivity contribution in [3.05, 3.63) is 58.3 Å². The lowest BCUT2D eigenvalue weighted by Gasteiger charge is -2.06. The zero-order valence-corrected chi connectivity index (χ0v) is 12.2. The first-order valence-electron chi connectivity index (χ1n) is 5.41. The van der Waals surface area contributed by atoms with Crippen LogP contribution in [-0.4, -0.2) is 8.42 Å². The fourth-order valence-corrected chi connectivity index (χ4v) is 3.30. The third-order valence-electron chi connectivity index (χ3n) is 2.60. The molecular weight excluding hydrogens is 333 g/mol. The largest absolute Gasteiger partial charge is 0.399 e. The summed E-state index contributed by atoms with van der Waals surface area (Å²) in [5, 5.41) is 0. The predicted octanol–water partition coefficient (Wildman–Crippen LogP) is 3.14. The van der Waals surface area contributed by atoms with E-state index < -0.39 is 15.7 Å². The maximum atomic E-state index is 13.6. The summed E-state index contributed by atoms with van der Waals surface area (Å²) in [6, 6.07) is 10.2. The molecule has 0 amide bonds. The first-order chi connectivity index (χ1) is 8.88. The van der Waals surface area contributed by atoms with Crippen molar-refractivity contribution in [2.45, 2.75) is 10.6 Å². The summed E-state index contributed by atoms with van der Waals surface area (Å²) >= 11 is 3.13. The molecule has 0 radical (unpaired) electrons. The highest BCUT2D eigenvalue weighted by molar-refractivity contribution is 9.10. The SMILES string of the molecule is Nc1ccc(S(=O)(=O)Cc2ccc(Br)cc2F)cc1. The topological polar surface area (TPSA) is 60.2 Å². The van der Waals surface area contributed by atoms with E-state index in [0.717, 1.165) is 0 Å². The third-order valence-corrected chi connectivity index (χ3v) is 4.77. The van der Waals surface area contributed by atoms with Gasteiger partial charge in [-0.25, -0.2) is 12.8 Å². The monoisotopic (exact) mass is 343 g/mol. The van der Waals surface area contributed by atoms with Gasteiger partial charge in [0.1, 0.15) is 5.82 Å². The van der Waals surface area contributed by atoms with Gasteiger partial charge >= 0.3 is 0 Å². The second-order valence-corrected chi connectivity index (χ2v) is 6.97. The maximum absolute atomic E-state index is 13.6. The van der Waals surface area contributed by atoms with Gasteiger partial charge in [0.25, 0.3) is 0 Å². The van der Waals surface area contributed by atoms with E-state index in [1.165, 1.54) is 36.4 Å². The van der Waals surface area contributed by atoms with Crippen molar-refractivity contribution in [3.63, 3.8) is 0 Å². The lowest BCUT2D eigenvalue weighted by atomic mass is 10.2. The molecule has 19 heavy (non-hydrogen) atoms. The number of halogens is 2. The molecule has 0 aliphatic carbocycles. The molecule has 0 saturated heterocycles. The smallest absolute Gasteiger partial charge is 0.182 e. The van der Waals surface area contributed by atoms with Crippen LogP contribution in [0.3, 0.4) is 0 Å². The quantitative estimate of drug-likeness (QED) is 0.871. The summed E-state index contributed by atoms with van der Waals surface area (Å²) in [7, 11) is -3.58. The minimum absolute atomic E-state index is 0.129. The minimum atomic E-state index is -3.58. The van der Waals surface area contributed by atoms with Crippen LogP contribution in [0.5, 0.6) is 0 Å². The Morgan fingerprint density at radius 1 is 1.11 bits per heavy atom. The number of rotatable bonds is 3. The van der Waals surface area contributed by atoms with Crippen LogP contribution in [-0.2, 0) is 15.6 Å². The van der Waals surface area contributed by atoms with E-state index in [0.29, 0.717) is 10.2 Å². The molecule has 0 unspecified atom stereocenters. The number of hydrogen-bond acceptors (Lipinski definition) is 3. The predicted molar refractivity (Wildman–Crippen MR) is 75.8 cm³/mol. The Hall–Kier alpha value is -1.40. The van der Waals surface area contributed by atoms with Crippen molar-refractivity contribution in [3.8, 4) is 0 Å². The highest BCUT2D eigenvalue weighted by atomic mass is 79.9. The average Bonchev–Trinajstić information content (AvgIpc) is 2.33. The molecule has 0 bridgehead atoms. The van der Waals surface area contributed by atoms with Gasteiger partial charge < -0.3 is 5.73 Å². The Morgan fingerprint density at radius 2 is 1.74 bits per heavy atom. The molecule has 0 aromatic heterocycles. The lowest BCUT2D eigenvalue weighted by molar-refractivity contribution is 0.587. The molecule has 0 spiro atoms. The minimum Gasteiger partial charge on any atom is -0.399 e. The van der Waals surface area contributed by atoms with Gasteiger partial charge in [0.15, 0.2) is 9.84 Å². The van der Waals surface area contributed by atoms with Crippen molar-refractivity contribution in [1.82, 2.24) is 0 Å². The average molecular weight is 344 g/mol. The third kappa shape index (κ3) is 3.33. The van der Waals surface area contributed by atoms with Crippen molar-refractivity contribution < 1.29 is 12.8 Å². The van der Waals surface area contributed by atoms with Gasteiger partial charge in [-0.3, -0.25) is 0 Å². The molecule has 0 saturated carbocycles. The number of nitrogen functional groups attached to an aromatic ring is 1. The van der Waals surface area contributed by atoms with Gasteiger partial charge in [-0.1, -0.05) is 22.0 Å². The fraction of sp³-hybridized carbons (Fsp3) is 0.0769. The summed E-state index contributed by atoms with van der Waals surface area (Å²) in [5.41, 5.74) is 6.12. The van der Waals surface area contributed by atoms with Gasteiger partial charge in [0.2, 0.25) is 0 Å². The van der Waals surface area contributed by atoms with E-state index >= 15 is 0 Å². The Balaban J connectivity index is 2.33. The maximum Gasteiger partial charge on any atom is 0.182 e. The number of benzene rings is 2. The van der Waals surface area contributed by atoms with Crippen LogP contribution in [0.15, 0.2) is 51.8 Å². The van der Waals surface area contributed by atoms with E-state index in [-0.39, 0.29) is 16.2 Å². The Labute approximate surface area is 119 Å². The lowest BCUT2D eigenvalue weighted by Crippen LogP contribution is -2.06. The molecule has 0 aliphatic heterocycles. The van der Waals surface area contributed by atoms with E-state index in [9.17, 15) is 12.8 Å². The Morgan fingerprint density at radius 3 is 2.32 bits per heavy atom. The number of sulfone groups is 1. The van der Waals surface area contributed by atoms with Crippen LogP contribution in [0.4, 0.5) is 10.1 Å². The highest BCUT2D eigenvalue weighted by Crippen LogP contribution is 2.21. The summed E-state index contributed by atoms with van der Waals surface area (Å²) in [6.45, 7) is 0. The molecule has 6 heteroatoms. The standard InChI is InChI=1S/C13H11BrFNO2S/c14-10-2-1-9(13(15)7-10)8-19(17,18)12-5-3-11(16)4-6-12/h1-7H,8,16H2. The van der Waals surface area contributed by atoms with Gasteiger partial charge in [-0.05, 0) is 36.4 Å². The molecule has 2 rings (SSSR count). The van der Waals surface area contributed by atoms with Crippen LogP contribution in [0.1, 0.15) is 5.56 Å². The summed E-state index contributed by atoms with van der Waals surface area (Å²) in [6.07, 6.45) is 0. The molecule has 0 heterocycles.